The molecule has 1 aromatic carbocycles. The van der Waals surface area contributed by atoms with E-state index in [-0.39, 0.29) is 21.4 Å². The van der Waals surface area contributed by atoms with Gasteiger partial charge >= 0.3 is 0 Å². The second-order valence-corrected chi connectivity index (χ2v) is 7.77. The van der Waals surface area contributed by atoms with E-state index in [1.165, 1.54) is 19.3 Å². The Kier molecular flexibility index (Phi) is 3.05. The van der Waals surface area contributed by atoms with Gasteiger partial charge in [-0.1, -0.05) is 26.8 Å². The minimum atomic E-state index is -0.280. The molecule has 4 nitrogen and oxygen atoms in total. The molecule has 2 bridgehead atoms. The average molecular weight is 288 g/mol. The molecule has 21 heavy (non-hydrogen) atoms. The number of nitro benzene ring substituents is 1. The van der Waals surface area contributed by atoms with Crippen LogP contribution in [-0.4, -0.2) is 11.0 Å². The summed E-state index contributed by atoms with van der Waals surface area (Å²) in [6.07, 6.45) is 3.74. The fourth-order valence-corrected chi connectivity index (χ4v) is 4.73. The van der Waals surface area contributed by atoms with Gasteiger partial charge in [-0.2, -0.15) is 0 Å². The van der Waals surface area contributed by atoms with Crippen molar-refractivity contribution in [3.8, 4) is 0 Å². The Bertz CT molecular complexity index is 592. The maximum atomic E-state index is 11.3. The van der Waals surface area contributed by atoms with Crippen LogP contribution in [0.25, 0.3) is 0 Å². The molecule has 3 atom stereocenters. The van der Waals surface area contributed by atoms with Crippen LogP contribution in [-0.2, 0) is 0 Å². The maximum absolute atomic E-state index is 11.3. The lowest BCUT2D eigenvalue weighted by atomic mass is 9.68. The van der Waals surface area contributed by atoms with Crippen molar-refractivity contribution in [2.24, 2.45) is 16.7 Å². The highest BCUT2D eigenvalue weighted by Crippen LogP contribution is 2.63. The van der Waals surface area contributed by atoms with E-state index in [4.69, 9.17) is 0 Å². The van der Waals surface area contributed by atoms with Gasteiger partial charge in [0.2, 0.25) is 0 Å². The monoisotopic (exact) mass is 288 g/mol. The summed E-state index contributed by atoms with van der Waals surface area (Å²) in [5.74, 6) is 0.726. The zero-order valence-electron chi connectivity index (χ0n) is 13.3. The maximum Gasteiger partial charge on any atom is 0.292 e. The molecule has 2 saturated carbocycles. The summed E-state index contributed by atoms with van der Waals surface area (Å²) in [5.41, 5.74) is 2.22. The molecule has 0 saturated heterocycles. The van der Waals surface area contributed by atoms with Gasteiger partial charge in [0.25, 0.3) is 5.69 Å². The van der Waals surface area contributed by atoms with Crippen molar-refractivity contribution in [3.05, 3.63) is 33.9 Å². The smallest absolute Gasteiger partial charge is 0.292 e. The van der Waals surface area contributed by atoms with E-state index in [0.717, 1.165) is 11.5 Å². The number of hydrogen-bond acceptors (Lipinski definition) is 3. The number of hydrogen-bond donors (Lipinski definition) is 1. The molecule has 3 rings (SSSR count). The van der Waals surface area contributed by atoms with Gasteiger partial charge < -0.3 is 5.32 Å². The second kappa shape index (κ2) is 4.46. The molecule has 114 valence electrons. The van der Waals surface area contributed by atoms with Gasteiger partial charge in [0.1, 0.15) is 5.69 Å². The molecule has 2 aliphatic carbocycles. The molecule has 0 spiro atoms. The Labute approximate surface area is 126 Å². The highest BCUT2D eigenvalue weighted by molar-refractivity contribution is 5.63. The fourth-order valence-electron chi connectivity index (χ4n) is 4.73. The average Bonchev–Trinajstić information content (AvgIpc) is 2.87. The van der Waals surface area contributed by atoms with E-state index >= 15 is 0 Å². The summed E-state index contributed by atoms with van der Waals surface area (Å²) in [6, 6.07) is 5.76. The fraction of sp³-hybridized carbons (Fsp3) is 0.647. The first kappa shape index (κ1) is 14.4. The largest absolute Gasteiger partial charge is 0.376 e. The van der Waals surface area contributed by atoms with Crippen LogP contribution in [0.2, 0.25) is 0 Å². The summed E-state index contributed by atoms with van der Waals surface area (Å²) >= 11 is 0. The highest BCUT2D eigenvalue weighted by atomic mass is 16.6. The number of aryl methyl sites for hydroxylation is 1. The molecule has 1 N–H and O–H groups in total. The van der Waals surface area contributed by atoms with Crippen molar-refractivity contribution in [1.82, 2.24) is 0 Å². The van der Waals surface area contributed by atoms with E-state index in [9.17, 15) is 10.1 Å². The summed E-state index contributed by atoms with van der Waals surface area (Å²) in [6.45, 7) is 8.83. The molecular formula is C17H24N2O2. The highest BCUT2D eigenvalue weighted by Gasteiger charge is 2.59. The standard InChI is InChI=1S/C17H24N2O2/c1-11-5-6-13(14(9-11)19(20)21)18-15-16(2,3)12-7-8-17(15,4)10-12/h5-6,9,12,15,18H,7-8,10H2,1-4H3/t12-,15?,17+/m0/s1. The van der Waals surface area contributed by atoms with Crippen molar-refractivity contribution in [1.29, 1.82) is 0 Å². The molecule has 0 aliphatic heterocycles. The van der Waals surface area contributed by atoms with Crippen molar-refractivity contribution in [3.63, 3.8) is 0 Å². The van der Waals surface area contributed by atoms with Crippen LogP contribution < -0.4 is 5.32 Å². The second-order valence-electron chi connectivity index (χ2n) is 7.77. The zero-order chi connectivity index (χ0) is 15.4. The van der Waals surface area contributed by atoms with Gasteiger partial charge in [-0.15, -0.1) is 0 Å². The van der Waals surface area contributed by atoms with Crippen LogP contribution in [0.15, 0.2) is 18.2 Å². The van der Waals surface area contributed by atoms with Crippen LogP contribution in [0, 0.1) is 33.8 Å². The third kappa shape index (κ3) is 2.12. The predicted octanol–water partition coefficient (Wildman–Crippen LogP) is 4.53. The molecule has 1 unspecified atom stereocenters. The number of nitrogens with one attached hydrogen (secondary N) is 1. The van der Waals surface area contributed by atoms with Crippen molar-refractivity contribution >= 4 is 11.4 Å². The molecule has 0 heterocycles. The number of fused-ring (bicyclic) bond motifs is 2. The van der Waals surface area contributed by atoms with Crippen LogP contribution in [0.3, 0.4) is 0 Å². The molecule has 1 aromatic rings. The number of rotatable bonds is 3. The minimum absolute atomic E-state index is 0.186. The number of benzene rings is 1. The van der Waals surface area contributed by atoms with Crippen LogP contribution in [0.4, 0.5) is 11.4 Å². The lowest BCUT2D eigenvalue weighted by molar-refractivity contribution is -0.384. The Morgan fingerprint density at radius 3 is 2.62 bits per heavy atom. The van der Waals surface area contributed by atoms with Gasteiger partial charge in [0.05, 0.1) is 4.92 Å². The van der Waals surface area contributed by atoms with Crippen LogP contribution in [0.5, 0.6) is 0 Å². The van der Waals surface area contributed by atoms with Gasteiger partial charge in [-0.25, -0.2) is 0 Å². The molecule has 2 aliphatic rings. The lowest BCUT2D eigenvalue weighted by Gasteiger charge is -2.43. The normalized spacial score (nSPS) is 33.1. The van der Waals surface area contributed by atoms with E-state index < -0.39 is 0 Å². The Hall–Kier alpha value is -1.58. The molecule has 0 radical (unpaired) electrons. The van der Waals surface area contributed by atoms with E-state index in [2.05, 4.69) is 26.1 Å². The number of nitrogens with zero attached hydrogens (tertiary/aromatic N) is 1. The van der Waals surface area contributed by atoms with Crippen molar-refractivity contribution < 1.29 is 4.92 Å². The molecule has 0 aromatic heterocycles. The third-order valence-corrected chi connectivity index (χ3v) is 5.92. The molecule has 2 fully saturated rings. The Balaban J connectivity index is 1.96. The summed E-state index contributed by atoms with van der Waals surface area (Å²) in [5, 5.41) is 14.9. The predicted molar refractivity (Wildman–Crippen MR) is 84.5 cm³/mol. The number of anilines is 1. The quantitative estimate of drug-likeness (QED) is 0.656. The summed E-state index contributed by atoms with van der Waals surface area (Å²) in [7, 11) is 0. The zero-order valence-corrected chi connectivity index (χ0v) is 13.3. The van der Waals surface area contributed by atoms with Gasteiger partial charge in [0, 0.05) is 12.1 Å². The van der Waals surface area contributed by atoms with Crippen LogP contribution in [0.1, 0.15) is 45.6 Å². The van der Waals surface area contributed by atoms with E-state index in [1.807, 2.05) is 19.1 Å². The Morgan fingerprint density at radius 1 is 1.33 bits per heavy atom. The third-order valence-electron chi connectivity index (χ3n) is 5.92. The number of nitro groups is 1. The van der Waals surface area contributed by atoms with Crippen molar-refractivity contribution in [2.45, 2.75) is 53.0 Å². The first-order valence-electron chi connectivity index (χ1n) is 7.76. The summed E-state index contributed by atoms with van der Waals surface area (Å²) in [4.78, 5) is 11.0. The molecular weight excluding hydrogens is 264 g/mol. The van der Waals surface area contributed by atoms with Gasteiger partial charge in [-0.3, -0.25) is 10.1 Å². The SMILES string of the molecule is Cc1ccc(NC2C(C)(C)[C@H]3CC[C@]2(C)C3)c([N+](=O)[O-])c1. The molecule has 4 heteroatoms. The van der Waals surface area contributed by atoms with E-state index in [0.29, 0.717) is 11.7 Å². The van der Waals surface area contributed by atoms with Crippen LogP contribution >= 0.6 is 0 Å². The molecule has 0 amide bonds. The lowest BCUT2D eigenvalue weighted by Crippen LogP contribution is -2.45. The first-order chi connectivity index (χ1) is 9.74. The minimum Gasteiger partial charge on any atom is -0.376 e. The summed E-state index contributed by atoms with van der Waals surface area (Å²) < 4.78 is 0. The van der Waals surface area contributed by atoms with Gasteiger partial charge in [0.15, 0.2) is 0 Å². The van der Waals surface area contributed by atoms with Gasteiger partial charge in [-0.05, 0) is 54.6 Å². The topological polar surface area (TPSA) is 55.2 Å². The van der Waals surface area contributed by atoms with E-state index in [1.54, 1.807) is 6.07 Å². The first-order valence-corrected chi connectivity index (χ1v) is 7.76. The Morgan fingerprint density at radius 2 is 2.05 bits per heavy atom. The van der Waals surface area contributed by atoms with Crippen molar-refractivity contribution in [2.75, 3.05) is 5.32 Å².